The molecule has 0 spiro atoms. The Bertz CT molecular complexity index is 214. The molecular formula is C12H24O2Si. The van der Waals surface area contributed by atoms with Gasteiger partial charge in [0.25, 0.3) is 0 Å². The van der Waals surface area contributed by atoms with E-state index in [1.807, 2.05) is 0 Å². The van der Waals surface area contributed by atoms with Gasteiger partial charge in [-0.3, -0.25) is 0 Å². The quantitative estimate of drug-likeness (QED) is 0.649. The molecule has 0 saturated heterocycles. The first-order valence-electron chi connectivity index (χ1n) is 6.45. The van der Waals surface area contributed by atoms with Gasteiger partial charge in [-0.1, -0.05) is 13.8 Å². The van der Waals surface area contributed by atoms with Crippen LogP contribution in [-0.2, 0) is 8.85 Å². The van der Waals surface area contributed by atoms with Crippen molar-refractivity contribution in [1.82, 2.24) is 0 Å². The Morgan fingerprint density at radius 1 is 1.00 bits per heavy atom. The molecule has 3 heteroatoms. The van der Waals surface area contributed by atoms with Crippen molar-refractivity contribution in [3.63, 3.8) is 0 Å². The zero-order valence-corrected chi connectivity index (χ0v) is 11.5. The van der Waals surface area contributed by atoms with E-state index in [0.29, 0.717) is 0 Å². The Labute approximate surface area is 94.6 Å². The van der Waals surface area contributed by atoms with Crippen LogP contribution in [-0.4, -0.2) is 21.8 Å². The summed E-state index contributed by atoms with van der Waals surface area (Å²) < 4.78 is 12.4. The first-order chi connectivity index (χ1) is 7.17. The molecule has 2 saturated carbocycles. The molecule has 0 heterocycles. The van der Waals surface area contributed by atoms with Gasteiger partial charge in [-0.15, -0.1) is 0 Å². The van der Waals surface area contributed by atoms with Crippen LogP contribution in [0.15, 0.2) is 0 Å². The maximum absolute atomic E-state index is 6.18. The van der Waals surface area contributed by atoms with Gasteiger partial charge in [-0.2, -0.15) is 0 Å². The highest BCUT2D eigenvalue weighted by atomic mass is 28.4. The van der Waals surface area contributed by atoms with E-state index >= 15 is 0 Å². The largest absolute Gasteiger partial charge is 0.394 e. The van der Waals surface area contributed by atoms with Crippen molar-refractivity contribution in [3.8, 4) is 0 Å². The Balaban J connectivity index is 2.12. The summed E-state index contributed by atoms with van der Waals surface area (Å²) in [6.07, 6.45) is 2.70. The van der Waals surface area contributed by atoms with Crippen LogP contribution in [0.3, 0.4) is 0 Å². The van der Waals surface area contributed by atoms with Crippen molar-refractivity contribution in [2.45, 2.75) is 51.6 Å². The fourth-order valence-corrected chi connectivity index (χ4v) is 8.39. The second-order valence-electron chi connectivity index (χ2n) is 5.11. The molecule has 2 aliphatic rings. The van der Waals surface area contributed by atoms with Crippen LogP contribution >= 0.6 is 0 Å². The molecule has 0 N–H and O–H groups in total. The first-order valence-corrected chi connectivity index (χ1v) is 8.42. The summed E-state index contributed by atoms with van der Waals surface area (Å²) in [4.78, 5) is 0. The third-order valence-electron chi connectivity index (χ3n) is 4.17. The lowest BCUT2D eigenvalue weighted by Crippen LogP contribution is -2.44. The minimum Gasteiger partial charge on any atom is -0.394 e. The lowest BCUT2D eigenvalue weighted by molar-refractivity contribution is 0.177. The minimum atomic E-state index is -1.85. The Kier molecular flexibility index (Phi) is 3.24. The molecule has 88 valence electrons. The van der Waals surface area contributed by atoms with Gasteiger partial charge in [0, 0.05) is 24.3 Å². The Morgan fingerprint density at radius 3 is 1.73 bits per heavy atom. The van der Waals surface area contributed by atoms with E-state index in [9.17, 15) is 0 Å². The van der Waals surface area contributed by atoms with E-state index < -0.39 is 8.56 Å². The van der Waals surface area contributed by atoms with Crippen LogP contribution in [0.4, 0.5) is 0 Å². The summed E-state index contributed by atoms with van der Waals surface area (Å²) in [5.41, 5.74) is 1.57. The molecule has 0 aliphatic heterocycles. The average Bonchev–Trinajstić information content (AvgIpc) is 3.07. The summed E-state index contributed by atoms with van der Waals surface area (Å²) in [6, 6.07) is 0. The van der Waals surface area contributed by atoms with Gasteiger partial charge in [0.05, 0.1) is 0 Å². The SMILES string of the molecule is CCO[Si](OCC)(C1CC1)C1C(C)C1C. The molecule has 15 heavy (non-hydrogen) atoms. The molecule has 0 radical (unpaired) electrons. The third-order valence-corrected chi connectivity index (χ3v) is 9.35. The van der Waals surface area contributed by atoms with E-state index in [0.717, 1.165) is 36.1 Å². The van der Waals surface area contributed by atoms with Gasteiger partial charge >= 0.3 is 8.56 Å². The Morgan fingerprint density at radius 2 is 1.47 bits per heavy atom. The van der Waals surface area contributed by atoms with Gasteiger partial charge in [0.1, 0.15) is 0 Å². The van der Waals surface area contributed by atoms with E-state index in [1.165, 1.54) is 12.8 Å². The van der Waals surface area contributed by atoms with Crippen LogP contribution in [0, 0.1) is 11.8 Å². The predicted octanol–water partition coefficient (Wildman–Crippen LogP) is 3.32. The van der Waals surface area contributed by atoms with Gasteiger partial charge < -0.3 is 8.85 Å². The van der Waals surface area contributed by atoms with Crippen molar-refractivity contribution in [3.05, 3.63) is 0 Å². The van der Waals surface area contributed by atoms with Crippen LogP contribution in [0.5, 0.6) is 0 Å². The Hall–Kier alpha value is 0.137. The standard InChI is InChI=1S/C12H24O2Si/c1-5-13-15(14-6-2,11-7-8-11)12-9(3)10(12)4/h9-12H,5-8H2,1-4H3. The van der Waals surface area contributed by atoms with Gasteiger partial charge in [0.15, 0.2) is 0 Å². The van der Waals surface area contributed by atoms with Crippen LogP contribution in [0.2, 0.25) is 11.1 Å². The molecular weight excluding hydrogens is 204 g/mol. The number of hydrogen-bond donors (Lipinski definition) is 0. The molecule has 0 bridgehead atoms. The molecule has 0 aromatic rings. The molecule has 2 aliphatic carbocycles. The van der Waals surface area contributed by atoms with Crippen molar-refractivity contribution >= 4 is 8.56 Å². The second-order valence-corrected chi connectivity index (χ2v) is 8.61. The van der Waals surface area contributed by atoms with Crippen molar-refractivity contribution in [2.24, 2.45) is 11.8 Å². The first kappa shape index (κ1) is 11.6. The summed E-state index contributed by atoms with van der Waals surface area (Å²) >= 11 is 0. The van der Waals surface area contributed by atoms with Crippen LogP contribution in [0.1, 0.15) is 40.5 Å². The molecule has 0 aromatic carbocycles. The molecule has 2 atom stereocenters. The van der Waals surface area contributed by atoms with Crippen LogP contribution in [0.25, 0.3) is 0 Å². The van der Waals surface area contributed by atoms with Crippen LogP contribution < -0.4 is 0 Å². The van der Waals surface area contributed by atoms with E-state index in [4.69, 9.17) is 8.85 Å². The smallest absolute Gasteiger partial charge is 0.345 e. The third kappa shape index (κ3) is 1.90. The lowest BCUT2D eigenvalue weighted by Gasteiger charge is -2.31. The van der Waals surface area contributed by atoms with Crippen molar-refractivity contribution < 1.29 is 8.85 Å². The zero-order chi connectivity index (χ0) is 11.1. The maximum Gasteiger partial charge on any atom is 0.345 e. The van der Waals surface area contributed by atoms with Crippen molar-refractivity contribution in [1.29, 1.82) is 0 Å². The summed E-state index contributed by atoms with van der Waals surface area (Å²) in [6.45, 7) is 10.6. The summed E-state index contributed by atoms with van der Waals surface area (Å²) in [7, 11) is -1.85. The normalized spacial score (nSPS) is 35.6. The fraction of sp³-hybridized carbons (Fsp3) is 1.00. The number of rotatable bonds is 6. The zero-order valence-electron chi connectivity index (χ0n) is 10.5. The molecule has 2 rings (SSSR count). The van der Waals surface area contributed by atoms with Gasteiger partial charge in [0.2, 0.25) is 0 Å². The molecule has 0 amide bonds. The van der Waals surface area contributed by atoms with Crippen molar-refractivity contribution in [2.75, 3.05) is 13.2 Å². The van der Waals surface area contributed by atoms with E-state index in [-0.39, 0.29) is 0 Å². The maximum atomic E-state index is 6.18. The predicted molar refractivity (Wildman–Crippen MR) is 64.1 cm³/mol. The molecule has 2 nitrogen and oxygen atoms in total. The average molecular weight is 228 g/mol. The minimum absolute atomic E-state index is 0.768. The highest BCUT2D eigenvalue weighted by Crippen LogP contribution is 2.65. The summed E-state index contributed by atoms with van der Waals surface area (Å²) in [5, 5.41) is 0. The molecule has 0 aromatic heterocycles. The highest BCUT2D eigenvalue weighted by Gasteiger charge is 2.67. The monoisotopic (exact) mass is 228 g/mol. The molecule has 2 fully saturated rings. The molecule has 2 unspecified atom stereocenters. The van der Waals surface area contributed by atoms with Gasteiger partial charge in [-0.25, -0.2) is 0 Å². The van der Waals surface area contributed by atoms with Gasteiger partial charge in [-0.05, 0) is 38.5 Å². The summed E-state index contributed by atoms with van der Waals surface area (Å²) in [5.74, 6) is 1.66. The topological polar surface area (TPSA) is 18.5 Å². The fourth-order valence-electron chi connectivity index (χ4n) is 3.07. The second kappa shape index (κ2) is 4.19. The number of hydrogen-bond acceptors (Lipinski definition) is 2. The highest BCUT2D eigenvalue weighted by molar-refractivity contribution is 6.72. The van der Waals surface area contributed by atoms with E-state index in [1.54, 1.807) is 0 Å². The lowest BCUT2D eigenvalue weighted by atomic mass is 10.4. The van der Waals surface area contributed by atoms with E-state index in [2.05, 4.69) is 27.7 Å².